The number of carbonyl (C=O) groups is 1. The maximum atomic E-state index is 13.0. The molecule has 8 heteroatoms. The molecular weight excluding hydrogens is 332 g/mol. The van der Waals surface area contributed by atoms with Crippen molar-refractivity contribution in [3.8, 4) is 5.75 Å². The van der Waals surface area contributed by atoms with E-state index in [1.54, 1.807) is 25.1 Å². The summed E-state index contributed by atoms with van der Waals surface area (Å²) in [5, 5.41) is 27.5. The van der Waals surface area contributed by atoms with E-state index in [4.69, 9.17) is 0 Å². The Balaban J connectivity index is 1.78. The minimum atomic E-state index is -0.558. The maximum Gasteiger partial charge on any atom is 0.255 e. The van der Waals surface area contributed by atoms with Crippen LogP contribution in [0.1, 0.15) is 18.5 Å². The predicted octanol–water partition coefficient (Wildman–Crippen LogP) is 2.31. The molecule has 2 aromatic carbocycles. The molecule has 0 saturated heterocycles. The van der Waals surface area contributed by atoms with Crippen molar-refractivity contribution in [3.63, 3.8) is 0 Å². The number of benzene rings is 2. The number of nitrogens with zero attached hydrogens (tertiary/aromatic N) is 4. The Morgan fingerprint density at radius 2 is 2.00 bits per heavy atom. The van der Waals surface area contributed by atoms with Gasteiger partial charge in [0.2, 0.25) is 5.95 Å². The fourth-order valence-corrected chi connectivity index (χ4v) is 3.03. The highest BCUT2D eigenvalue weighted by Crippen LogP contribution is 2.35. The molecule has 1 amide bonds. The van der Waals surface area contributed by atoms with Crippen LogP contribution in [0, 0.1) is 0 Å². The third-order valence-corrected chi connectivity index (χ3v) is 4.18. The Kier molecular flexibility index (Phi) is 3.85. The summed E-state index contributed by atoms with van der Waals surface area (Å²) in [5.74, 6) is 0.277. The molecule has 0 fully saturated rings. The number of rotatable bonds is 3. The Labute approximate surface area is 149 Å². The molecule has 130 valence electrons. The van der Waals surface area contributed by atoms with Gasteiger partial charge in [-0.3, -0.25) is 4.79 Å². The van der Waals surface area contributed by atoms with E-state index in [1.165, 1.54) is 4.68 Å². The topological polar surface area (TPSA) is 105 Å². The number of fused-ring (bicyclic) bond motifs is 1. The zero-order valence-corrected chi connectivity index (χ0v) is 13.9. The minimum Gasteiger partial charge on any atom is -0.508 e. The lowest BCUT2D eigenvalue weighted by Gasteiger charge is -2.28. The summed E-state index contributed by atoms with van der Waals surface area (Å²) >= 11 is 0. The Hall–Kier alpha value is -3.68. The van der Waals surface area contributed by atoms with Crippen LogP contribution in [0.5, 0.6) is 5.75 Å². The van der Waals surface area contributed by atoms with Crippen LogP contribution < -0.4 is 10.6 Å². The van der Waals surface area contributed by atoms with Gasteiger partial charge in [0.25, 0.3) is 5.91 Å². The number of carbonyl (C=O) groups excluding carboxylic acids is 1. The summed E-state index contributed by atoms with van der Waals surface area (Å²) < 4.78 is 1.53. The number of tetrazole rings is 1. The number of hydrogen-bond donors (Lipinski definition) is 3. The number of hydrogen-bond acceptors (Lipinski definition) is 6. The third kappa shape index (κ3) is 2.77. The fraction of sp³-hybridized carbons (Fsp3) is 0.111. The van der Waals surface area contributed by atoms with E-state index in [0.29, 0.717) is 28.5 Å². The second kappa shape index (κ2) is 6.32. The molecule has 1 aliphatic heterocycles. The van der Waals surface area contributed by atoms with E-state index in [1.807, 2.05) is 36.4 Å². The molecule has 2 heterocycles. The average Bonchev–Trinajstić information content (AvgIpc) is 3.09. The van der Waals surface area contributed by atoms with E-state index < -0.39 is 6.04 Å². The van der Waals surface area contributed by atoms with E-state index in [9.17, 15) is 9.90 Å². The van der Waals surface area contributed by atoms with Crippen molar-refractivity contribution in [3.05, 3.63) is 71.4 Å². The van der Waals surface area contributed by atoms with Crippen LogP contribution in [-0.4, -0.2) is 31.2 Å². The largest absolute Gasteiger partial charge is 0.508 e. The van der Waals surface area contributed by atoms with Crippen molar-refractivity contribution in [1.82, 2.24) is 20.2 Å². The first-order chi connectivity index (χ1) is 12.6. The van der Waals surface area contributed by atoms with E-state index >= 15 is 0 Å². The summed E-state index contributed by atoms with van der Waals surface area (Å²) in [7, 11) is 0. The lowest BCUT2D eigenvalue weighted by atomic mass is 9.95. The number of aromatic hydroxyl groups is 1. The van der Waals surface area contributed by atoms with Gasteiger partial charge < -0.3 is 15.7 Å². The van der Waals surface area contributed by atoms with Gasteiger partial charge in [-0.25, -0.2) is 0 Å². The van der Waals surface area contributed by atoms with Gasteiger partial charge in [0.05, 0.1) is 5.57 Å². The van der Waals surface area contributed by atoms with Crippen molar-refractivity contribution < 1.29 is 9.90 Å². The molecule has 0 aliphatic carbocycles. The van der Waals surface area contributed by atoms with Crippen LogP contribution in [0.2, 0.25) is 0 Å². The summed E-state index contributed by atoms with van der Waals surface area (Å²) in [6.07, 6.45) is 0. The van der Waals surface area contributed by atoms with Gasteiger partial charge in [0, 0.05) is 11.4 Å². The molecule has 0 bridgehead atoms. The second-order valence-electron chi connectivity index (χ2n) is 5.93. The van der Waals surface area contributed by atoms with Gasteiger partial charge in [-0.2, -0.15) is 4.68 Å². The molecule has 4 rings (SSSR count). The molecule has 0 radical (unpaired) electrons. The number of phenols is 1. The van der Waals surface area contributed by atoms with Gasteiger partial charge >= 0.3 is 0 Å². The van der Waals surface area contributed by atoms with Crippen molar-refractivity contribution in [1.29, 1.82) is 0 Å². The van der Waals surface area contributed by atoms with Gasteiger partial charge in [0.1, 0.15) is 11.8 Å². The monoisotopic (exact) mass is 348 g/mol. The molecule has 8 nitrogen and oxygen atoms in total. The molecule has 0 spiro atoms. The van der Waals surface area contributed by atoms with Crippen LogP contribution in [0.15, 0.2) is 65.9 Å². The van der Waals surface area contributed by atoms with E-state index in [2.05, 4.69) is 26.2 Å². The lowest BCUT2D eigenvalue weighted by Crippen LogP contribution is -2.31. The van der Waals surface area contributed by atoms with Crippen molar-refractivity contribution in [2.24, 2.45) is 0 Å². The van der Waals surface area contributed by atoms with Crippen molar-refractivity contribution in [2.45, 2.75) is 13.0 Å². The molecule has 3 N–H and O–H groups in total. The smallest absolute Gasteiger partial charge is 0.255 e. The first-order valence-electron chi connectivity index (χ1n) is 8.04. The molecule has 0 unspecified atom stereocenters. The van der Waals surface area contributed by atoms with Crippen LogP contribution in [-0.2, 0) is 4.79 Å². The zero-order chi connectivity index (χ0) is 18.1. The summed E-state index contributed by atoms with van der Waals surface area (Å²) in [6, 6.07) is 15.4. The number of aromatic nitrogens is 4. The molecule has 0 saturated carbocycles. The fourth-order valence-electron chi connectivity index (χ4n) is 3.03. The van der Waals surface area contributed by atoms with Gasteiger partial charge in [-0.1, -0.05) is 35.4 Å². The highest BCUT2D eigenvalue weighted by atomic mass is 16.3. The Morgan fingerprint density at radius 3 is 2.77 bits per heavy atom. The summed E-state index contributed by atoms with van der Waals surface area (Å²) in [5.41, 5.74) is 2.51. The Morgan fingerprint density at radius 1 is 1.19 bits per heavy atom. The zero-order valence-electron chi connectivity index (χ0n) is 13.9. The van der Waals surface area contributed by atoms with Gasteiger partial charge in [-0.15, -0.1) is 0 Å². The summed E-state index contributed by atoms with van der Waals surface area (Å²) in [6.45, 7) is 1.80. The van der Waals surface area contributed by atoms with E-state index in [0.717, 1.165) is 0 Å². The number of allylic oxidation sites excluding steroid dienone is 1. The number of nitrogens with one attached hydrogen (secondary N) is 2. The van der Waals surface area contributed by atoms with Crippen LogP contribution >= 0.6 is 0 Å². The quantitative estimate of drug-likeness (QED) is 0.671. The normalized spacial score (nSPS) is 16.0. The lowest BCUT2D eigenvalue weighted by molar-refractivity contribution is -0.113. The van der Waals surface area contributed by atoms with Gasteiger partial charge in [-0.05, 0) is 47.2 Å². The standard InChI is InChI=1S/C18H16N6O2/c1-11-15(17(26)20-13-7-3-2-4-8-13)16(12-6-5-9-14(25)10-12)24-18(19-11)21-22-23-24/h2-10,16,25H,1H3,(H,20,26)(H,19,21,23)/t16-/m0/s1. The van der Waals surface area contributed by atoms with Crippen molar-refractivity contribution >= 4 is 17.5 Å². The highest BCUT2D eigenvalue weighted by Gasteiger charge is 2.34. The second-order valence-corrected chi connectivity index (χ2v) is 5.93. The molecule has 1 aromatic heterocycles. The summed E-state index contributed by atoms with van der Waals surface area (Å²) in [4.78, 5) is 13.0. The SMILES string of the molecule is CC1=C(C(=O)Nc2ccccc2)[C@H](c2cccc(O)c2)n2nnnc2N1. The molecule has 26 heavy (non-hydrogen) atoms. The number of para-hydroxylation sites is 1. The molecule has 1 atom stereocenters. The minimum absolute atomic E-state index is 0.108. The Bertz CT molecular complexity index is 996. The number of amides is 1. The molecule has 1 aliphatic rings. The highest BCUT2D eigenvalue weighted by molar-refractivity contribution is 6.06. The third-order valence-electron chi connectivity index (χ3n) is 4.18. The average molecular weight is 348 g/mol. The number of anilines is 2. The maximum absolute atomic E-state index is 13.0. The predicted molar refractivity (Wildman–Crippen MR) is 95.5 cm³/mol. The van der Waals surface area contributed by atoms with E-state index in [-0.39, 0.29) is 11.7 Å². The first kappa shape index (κ1) is 15.8. The first-order valence-corrected chi connectivity index (χ1v) is 8.04. The molecular formula is C18H16N6O2. The van der Waals surface area contributed by atoms with Crippen LogP contribution in [0.3, 0.4) is 0 Å². The van der Waals surface area contributed by atoms with Crippen LogP contribution in [0.25, 0.3) is 0 Å². The van der Waals surface area contributed by atoms with Gasteiger partial charge in [0.15, 0.2) is 0 Å². The van der Waals surface area contributed by atoms with Crippen LogP contribution in [0.4, 0.5) is 11.6 Å². The number of phenolic OH excluding ortho intramolecular Hbond substituents is 1. The van der Waals surface area contributed by atoms with Crippen molar-refractivity contribution in [2.75, 3.05) is 10.6 Å². The molecule has 3 aromatic rings.